The van der Waals surface area contributed by atoms with Crippen LogP contribution in [0.5, 0.6) is 0 Å². The minimum Gasteiger partial charge on any atom is -0.444 e. The van der Waals surface area contributed by atoms with Gasteiger partial charge in [0.25, 0.3) is 0 Å². The van der Waals surface area contributed by atoms with Crippen molar-refractivity contribution in [3.05, 3.63) is 0 Å². The minimum absolute atomic E-state index is 0.187. The summed E-state index contributed by atoms with van der Waals surface area (Å²) in [5, 5.41) is 3.43. The zero-order valence-corrected chi connectivity index (χ0v) is 11.7. The lowest BCUT2D eigenvalue weighted by Gasteiger charge is -2.40. The summed E-state index contributed by atoms with van der Waals surface area (Å²) in [5.74, 6) is 0. The normalized spacial score (nSPS) is 25.8. The second-order valence-electron chi connectivity index (χ2n) is 5.72. The van der Waals surface area contributed by atoms with Crippen molar-refractivity contribution in [2.24, 2.45) is 0 Å². The molecule has 1 heterocycles. The number of ether oxygens (including phenoxy) is 1. The molecule has 1 saturated heterocycles. The van der Waals surface area contributed by atoms with Crippen LogP contribution in [0.25, 0.3) is 0 Å². The molecular weight excluding hydrogens is 216 g/mol. The number of likely N-dealkylation sites (N-methyl/N-ethyl adjacent to an activating group) is 1. The highest BCUT2D eigenvalue weighted by Gasteiger charge is 2.33. The van der Waals surface area contributed by atoms with Crippen LogP contribution in [0.1, 0.15) is 47.5 Å². The maximum Gasteiger partial charge on any atom is 0.410 e. The highest BCUT2D eigenvalue weighted by molar-refractivity contribution is 5.68. The van der Waals surface area contributed by atoms with Gasteiger partial charge >= 0.3 is 6.09 Å². The van der Waals surface area contributed by atoms with E-state index in [1.165, 1.54) is 0 Å². The minimum atomic E-state index is -0.415. The van der Waals surface area contributed by atoms with Crippen LogP contribution in [-0.4, -0.2) is 41.8 Å². The first kappa shape index (κ1) is 14.3. The van der Waals surface area contributed by atoms with Crippen molar-refractivity contribution in [2.75, 3.05) is 13.1 Å². The summed E-state index contributed by atoms with van der Waals surface area (Å²) in [6.45, 7) is 11.6. The summed E-state index contributed by atoms with van der Waals surface area (Å²) >= 11 is 0. The second-order valence-corrected chi connectivity index (χ2v) is 5.72. The van der Waals surface area contributed by atoms with E-state index in [-0.39, 0.29) is 12.1 Å². The Balaban J connectivity index is 2.60. The van der Waals surface area contributed by atoms with Gasteiger partial charge in [0, 0.05) is 18.6 Å². The number of hydrogen-bond donors (Lipinski definition) is 1. The van der Waals surface area contributed by atoms with Crippen LogP contribution in [0.4, 0.5) is 4.79 Å². The smallest absolute Gasteiger partial charge is 0.410 e. The van der Waals surface area contributed by atoms with Gasteiger partial charge in [0.05, 0.1) is 0 Å². The zero-order chi connectivity index (χ0) is 13.1. The molecule has 0 aromatic rings. The number of nitrogens with one attached hydrogen (secondary N) is 1. The van der Waals surface area contributed by atoms with Gasteiger partial charge in [-0.05, 0) is 47.1 Å². The number of carbonyl (C=O) groups is 1. The van der Waals surface area contributed by atoms with E-state index in [0.717, 1.165) is 25.9 Å². The molecule has 17 heavy (non-hydrogen) atoms. The van der Waals surface area contributed by atoms with E-state index in [9.17, 15) is 4.79 Å². The van der Waals surface area contributed by atoms with E-state index in [1.54, 1.807) is 0 Å². The van der Waals surface area contributed by atoms with Crippen molar-refractivity contribution in [1.82, 2.24) is 10.2 Å². The molecule has 100 valence electrons. The lowest BCUT2D eigenvalue weighted by molar-refractivity contribution is 0.00720. The van der Waals surface area contributed by atoms with Gasteiger partial charge in [-0.3, -0.25) is 0 Å². The molecule has 0 bridgehead atoms. The quantitative estimate of drug-likeness (QED) is 0.808. The highest BCUT2D eigenvalue weighted by atomic mass is 16.6. The Hall–Kier alpha value is -0.770. The standard InChI is InChI=1S/C13H26N2O2/c1-6-14-11-8-7-9-15(10(11)2)12(16)17-13(3,4)5/h10-11,14H,6-9H2,1-5H3/t10-,11-/m1/s1. The average Bonchev–Trinajstić information content (AvgIpc) is 2.18. The van der Waals surface area contributed by atoms with E-state index in [4.69, 9.17) is 4.74 Å². The molecule has 0 saturated carbocycles. The van der Waals surface area contributed by atoms with E-state index >= 15 is 0 Å². The molecule has 0 unspecified atom stereocenters. The number of hydrogen-bond acceptors (Lipinski definition) is 3. The van der Waals surface area contributed by atoms with Gasteiger partial charge in [0.1, 0.15) is 5.60 Å². The van der Waals surface area contributed by atoms with Gasteiger partial charge < -0.3 is 15.0 Å². The molecule has 0 radical (unpaired) electrons. The predicted molar refractivity (Wildman–Crippen MR) is 69.1 cm³/mol. The molecule has 0 aromatic carbocycles. The Labute approximate surface area is 105 Å². The van der Waals surface area contributed by atoms with Crippen LogP contribution >= 0.6 is 0 Å². The molecule has 1 rings (SSSR count). The van der Waals surface area contributed by atoms with Crippen LogP contribution in [-0.2, 0) is 4.74 Å². The summed E-state index contributed by atoms with van der Waals surface area (Å²) in [7, 11) is 0. The summed E-state index contributed by atoms with van der Waals surface area (Å²) < 4.78 is 5.43. The fourth-order valence-electron chi connectivity index (χ4n) is 2.26. The molecule has 1 fully saturated rings. The third-order valence-corrected chi connectivity index (χ3v) is 3.08. The number of carbonyl (C=O) groups excluding carboxylic acids is 1. The van der Waals surface area contributed by atoms with Crippen LogP contribution < -0.4 is 5.32 Å². The van der Waals surface area contributed by atoms with E-state index in [1.807, 2.05) is 25.7 Å². The van der Waals surface area contributed by atoms with Crippen LogP contribution in [0, 0.1) is 0 Å². The van der Waals surface area contributed by atoms with Gasteiger partial charge in [-0.25, -0.2) is 4.79 Å². The molecule has 1 aliphatic heterocycles. The first-order valence-electron chi connectivity index (χ1n) is 6.58. The lowest BCUT2D eigenvalue weighted by atomic mass is 9.98. The van der Waals surface area contributed by atoms with Gasteiger partial charge in [0.15, 0.2) is 0 Å². The Kier molecular flexibility index (Phi) is 4.80. The molecule has 1 aliphatic rings. The zero-order valence-electron chi connectivity index (χ0n) is 11.7. The molecule has 4 nitrogen and oxygen atoms in total. The SMILES string of the molecule is CCN[C@@H]1CCCN(C(=O)OC(C)(C)C)[C@@H]1C. The number of piperidine rings is 1. The van der Waals surface area contributed by atoms with E-state index < -0.39 is 5.60 Å². The topological polar surface area (TPSA) is 41.6 Å². The van der Waals surface area contributed by atoms with Crippen molar-refractivity contribution in [3.8, 4) is 0 Å². The molecular formula is C13H26N2O2. The monoisotopic (exact) mass is 242 g/mol. The van der Waals surface area contributed by atoms with Crippen molar-refractivity contribution in [2.45, 2.75) is 65.1 Å². The fraction of sp³-hybridized carbons (Fsp3) is 0.923. The third kappa shape index (κ3) is 4.19. The number of nitrogens with zero attached hydrogens (tertiary/aromatic N) is 1. The van der Waals surface area contributed by atoms with Crippen molar-refractivity contribution >= 4 is 6.09 Å². The molecule has 0 aromatic heterocycles. The average molecular weight is 242 g/mol. The van der Waals surface area contributed by atoms with Crippen molar-refractivity contribution in [1.29, 1.82) is 0 Å². The van der Waals surface area contributed by atoms with Crippen molar-refractivity contribution < 1.29 is 9.53 Å². The van der Waals surface area contributed by atoms with Crippen LogP contribution in [0.2, 0.25) is 0 Å². The first-order valence-corrected chi connectivity index (χ1v) is 6.58. The summed E-state index contributed by atoms with van der Waals surface area (Å²) in [6, 6.07) is 0.597. The second kappa shape index (κ2) is 5.71. The largest absolute Gasteiger partial charge is 0.444 e. The lowest BCUT2D eigenvalue weighted by Crippen LogP contribution is -2.55. The molecule has 4 heteroatoms. The predicted octanol–water partition coefficient (Wildman–Crippen LogP) is 2.38. The first-order chi connectivity index (χ1) is 7.85. The van der Waals surface area contributed by atoms with Crippen LogP contribution in [0.15, 0.2) is 0 Å². The van der Waals surface area contributed by atoms with Gasteiger partial charge in [0.2, 0.25) is 0 Å². The molecule has 1 N–H and O–H groups in total. The van der Waals surface area contributed by atoms with E-state index in [2.05, 4.69) is 19.2 Å². The third-order valence-electron chi connectivity index (χ3n) is 3.08. The van der Waals surface area contributed by atoms with Crippen molar-refractivity contribution in [3.63, 3.8) is 0 Å². The Morgan fingerprint density at radius 2 is 2.12 bits per heavy atom. The number of likely N-dealkylation sites (tertiary alicyclic amines) is 1. The van der Waals surface area contributed by atoms with Gasteiger partial charge in [-0.2, -0.15) is 0 Å². The molecule has 1 amide bonds. The summed E-state index contributed by atoms with van der Waals surface area (Å²) in [4.78, 5) is 13.9. The molecule has 0 aliphatic carbocycles. The number of rotatable bonds is 2. The Morgan fingerprint density at radius 3 is 2.65 bits per heavy atom. The Morgan fingerprint density at radius 1 is 1.47 bits per heavy atom. The van der Waals surface area contributed by atoms with Gasteiger partial charge in [-0.15, -0.1) is 0 Å². The number of amides is 1. The summed E-state index contributed by atoms with van der Waals surface area (Å²) in [6.07, 6.45) is 1.99. The van der Waals surface area contributed by atoms with Gasteiger partial charge in [-0.1, -0.05) is 6.92 Å². The van der Waals surface area contributed by atoms with E-state index in [0.29, 0.717) is 6.04 Å². The maximum atomic E-state index is 12.0. The van der Waals surface area contributed by atoms with Crippen LogP contribution in [0.3, 0.4) is 0 Å². The fourth-order valence-corrected chi connectivity index (χ4v) is 2.26. The Bertz CT molecular complexity index is 259. The molecule has 2 atom stereocenters. The maximum absolute atomic E-state index is 12.0. The summed E-state index contributed by atoms with van der Waals surface area (Å²) in [5.41, 5.74) is -0.415. The highest BCUT2D eigenvalue weighted by Crippen LogP contribution is 2.20. The molecule has 0 spiro atoms.